The molecule has 6 heteroatoms. The Bertz CT molecular complexity index is 784. The van der Waals surface area contributed by atoms with Gasteiger partial charge in [0.05, 0.1) is 12.8 Å². The zero-order valence-electron chi connectivity index (χ0n) is 15.8. The Morgan fingerprint density at radius 3 is 2.73 bits per heavy atom. The van der Waals surface area contributed by atoms with Crippen LogP contribution in [0.4, 0.5) is 5.95 Å². The molecule has 0 radical (unpaired) electrons. The van der Waals surface area contributed by atoms with Gasteiger partial charge in [0.1, 0.15) is 5.75 Å². The molecule has 0 unspecified atom stereocenters. The molecule has 0 aliphatic heterocycles. The number of hydrazone groups is 1. The summed E-state index contributed by atoms with van der Waals surface area (Å²) in [5.74, 6) is 1.12. The minimum atomic E-state index is -0.165. The molecule has 0 atom stereocenters. The highest BCUT2D eigenvalue weighted by atomic mass is 16.5. The van der Waals surface area contributed by atoms with Gasteiger partial charge in [0.2, 0.25) is 5.95 Å². The number of anilines is 1. The van der Waals surface area contributed by atoms with E-state index in [2.05, 4.69) is 27.4 Å². The second-order valence-electron chi connectivity index (χ2n) is 6.30. The van der Waals surface area contributed by atoms with Crippen LogP contribution < -0.4 is 15.7 Å². The van der Waals surface area contributed by atoms with E-state index in [4.69, 9.17) is 4.74 Å². The predicted molar refractivity (Wildman–Crippen MR) is 106 cm³/mol. The van der Waals surface area contributed by atoms with E-state index in [1.165, 1.54) is 25.7 Å². The van der Waals surface area contributed by atoms with Crippen molar-refractivity contribution in [2.24, 2.45) is 5.10 Å². The second-order valence-corrected chi connectivity index (χ2v) is 6.30. The van der Waals surface area contributed by atoms with Gasteiger partial charge in [0.25, 0.3) is 5.56 Å². The van der Waals surface area contributed by atoms with Crippen molar-refractivity contribution in [1.29, 1.82) is 0 Å². The molecule has 0 saturated heterocycles. The maximum atomic E-state index is 11.8. The number of aromatic amines is 1. The number of H-pyrrole nitrogens is 1. The third kappa shape index (κ3) is 6.02. The average Bonchev–Trinajstić information content (AvgIpc) is 2.63. The van der Waals surface area contributed by atoms with Gasteiger partial charge < -0.3 is 4.74 Å². The number of aromatic nitrogens is 2. The molecule has 1 aromatic carbocycles. The Morgan fingerprint density at radius 2 is 1.96 bits per heavy atom. The number of para-hydroxylation sites is 1. The van der Waals surface area contributed by atoms with Crippen molar-refractivity contribution in [3.63, 3.8) is 0 Å². The van der Waals surface area contributed by atoms with Crippen molar-refractivity contribution >= 4 is 12.2 Å². The fourth-order valence-corrected chi connectivity index (χ4v) is 2.47. The number of nitrogens with one attached hydrogen (secondary N) is 2. The summed E-state index contributed by atoms with van der Waals surface area (Å²) in [4.78, 5) is 18.7. The van der Waals surface area contributed by atoms with Crippen molar-refractivity contribution in [3.8, 4) is 5.75 Å². The third-order valence-electron chi connectivity index (χ3n) is 4.19. The number of benzene rings is 1. The van der Waals surface area contributed by atoms with Crippen LogP contribution in [-0.4, -0.2) is 22.8 Å². The summed E-state index contributed by atoms with van der Waals surface area (Å²) >= 11 is 0. The van der Waals surface area contributed by atoms with Crippen LogP contribution in [0, 0.1) is 13.8 Å². The van der Waals surface area contributed by atoms with E-state index in [1.54, 1.807) is 20.1 Å². The standard InChI is InChI=1S/C20H28N4O2/c1-4-5-6-7-10-13-26-18-12-9-8-11-17(18)14-21-24-20-22-16(3)15(2)19(25)23-20/h8-9,11-12,14H,4-7,10,13H2,1-3H3,(H2,22,23,24,25)/b21-14-. The van der Waals surface area contributed by atoms with Crippen LogP contribution in [0.1, 0.15) is 55.8 Å². The van der Waals surface area contributed by atoms with Crippen LogP contribution in [0.25, 0.3) is 0 Å². The lowest BCUT2D eigenvalue weighted by molar-refractivity contribution is 0.304. The van der Waals surface area contributed by atoms with Crippen molar-refractivity contribution in [2.75, 3.05) is 12.0 Å². The van der Waals surface area contributed by atoms with Crippen LogP contribution in [-0.2, 0) is 0 Å². The number of nitrogens with zero attached hydrogens (tertiary/aromatic N) is 2. The third-order valence-corrected chi connectivity index (χ3v) is 4.19. The molecule has 0 bridgehead atoms. The van der Waals surface area contributed by atoms with E-state index < -0.39 is 0 Å². The molecule has 0 saturated carbocycles. The molecule has 140 valence electrons. The van der Waals surface area contributed by atoms with Gasteiger partial charge in [-0.15, -0.1) is 0 Å². The first-order chi connectivity index (χ1) is 12.6. The highest BCUT2D eigenvalue weighted by Gasteiger charge is 2.03. The Labute approximate surface area is 154 Å². The van der Waals surface area contributed by atoms with E-state index in [0.29, 0.717) is 23.8 Å². The first-order valence-electron chi connectivity index (χ1n) is 9.20. The van der Waals surface area contributed by atoms with Crippen LogP contribution in [0.2, 0.25) is 0 Å². The predicted octanol–water partition coefficient (Wildman–Crippen LogP) is 4.18. The van der Waals surface area contributed by atoms with E-state index in [9.17, 15) is 4.79 Å². The summed E-state index contributed by atoms with van der Waals surface area (Å²) in [6, 6.07) is 7.75. The number of ether oxygens (including phenoxy) is 1. The SMILES string of the molecule is CCCCCCCOc1ccccc1/C=N\Nc1nc(C)c(C)c(=O)[nH]1. The fourth-order valence-electron chi connectivity index (χ4n) is 2.47. The molecule has 1 aromatic heterocycles. The molecule has 0 spiro atoms. The first-order valence-corrected chi connectivity index (χ1v) is 9.20. The van der Waals surface area contributed by atoms with E-state index in [1.807, 2.05) is 24.3 Å². The van der Waals surface area contributed by atoms with Gasteiger partial charge >= 0.3 is 0 Å². The largest absolute Gasteiger partial charge is 0.493 e. The van der Waals surface area contributed by atoms with Crippen molar-refractivity contribution < 1.29 is 4.74 Å². The summed E-state index contributed by atoms with van der Waals surface area (Å²) in [5, 5.41) is 4.17. The quantitative estimate of drug-likeness (QED) is 0.380. The molecule has 0 fully saturated rings. The van der Waals surface area contributed by atoms with Crippen molar-refractivity contribution in [2.45, 2.75) is 52.9 Å². The molecular formula is C20H28N4O2. The molecule has 0 aliphatic rings. The molecular weight excluding hydrogens is 328 g/mol. The molecule has 2 N–H and O–H groups in total. The highest BCUT2D eigenvalue weighted by molar-refractivity contribution is 5.83. The van der Waals surface area contributed by atoms with Gasteiger partial charge in [-0.25, -0.2) is 10.4 Å². The number of aryl methyl sites for hydroxylation is 1. The molecule has 1 heterocycles. The van der Waals surface area contributed by atoms with Crippen molar-refractivity contribution in [3.05, 3.63) is 51.4 Å². The molecule has 0 aliphatic carbocycles. The second kappa shape index (κ2) is 10.4. The minimum Gasteiger partial charge on any atom is -0.493 e. The summed E-state index contributed by atoms with van der Waals surface area (Å²) in [7, 11) is 0. The summed E-state index contributed by atoms with van der Waals surface area (Å²) < 4.78 is 5.88. The summed E-state index contributed by atoms with van der Waals surface area (Å²) in [6.07, 6.45) is 7.70. The Balaban J connectivity index is 1.92. The topological polar surface area (TPSA) is 79.4 Å². The Hall–Kier alpha value is -2.63. The Kier molecular flexibility index (Phi) is 7.86. The Morgan fingerprint density at radius 1 is 1.19 bits per heavy atom. The highest BCUT2D eigenvalue weighted by Crippen LogP contribution is 2.16. The fraction of sp³-hybridized carbons (Fsp3) is 0.450. The number of rotatable bonds is 10. The van der Waals surface area contributed by atoms with Gasteiger partial charge in [-0.05, 0) is 32.4 Å². The van der Waals surface area contributed by atoms with Crippen LogP contribution in [0.3, 0.4) is 0 Å². The molecule has 6 nitrogen and oxygen atoms in total. The van der Waals surface area contributed by atoms with Gasteiger partial charge in [-0.2, -0.15) is 5.10 Å². The zero-order chi connectivity index (χ0) is 18.8. The van der Waals surface area contributed by atoms with Crippen LogP contribution >= 0.6 is 0 Å². The molecule has 2 rings (SSSR count). The normalized spacial score (nSPS) is 11.0. The smallest absolute Gasteiger partial charge is 0.255 e. The summed E-state index contributed by atoms with van der Waals surface area (Å²) in [6.45, 7) is 6.45. The van der Waals surface area contributed by atoms with Crippen LogP contribution in [0.15, 0.2) is 34.2 Å². The molecule has 0 amide bonds. The first kappa shape index (κ1) is 19.7. The monoisotopic (exact) mass is 356 g/mol. The van der Waals surface area contributed by atoms with E-state index in [-0.39, 0.29) is 5.56 Å². The minimum absolute atomic E-state index is 0.165. The molecule has 26 heavy (non-hydrogen) atoms. The zero-order valence-corrected chi connectivity index (χ0v) is 15.8. The van der Waals surface area contributed by atoms with E-state index in [0.717, 1.165) is 17.7 Å². The lowest BCUT2D eigenvalue weighted by atomic mass is 10.2. The lowest BCUT2D eigenvalue weighted by Gasteiger charge is -2.09. The number of unbranched alkanes of at least 4 members (excludes halogenated alkanes) is 4. The van der Waals surface area contributed by atoms with E-state index >= 15 is 0 Å². The van der Waals surface area contributed by atoms with Crippen molar-refractivity contribution in [1.82, 2.24) is 9.97 Å². The number of hydrogen-bond acceptors (Lipinski definition) is 5. The van der Waals surface area contributed by atoms with Gasteiger partial charge in [-0.1, -0.05) is 44.7 Å². The van der Waals surface area contributed by atoms with Gasteiger partial charge in [-0.3, -0.25) is 9.78 Å². The maximum absolute atomic E-state index is 11.8. The maximum Gasteiger partial charge on any atom is 0.255 e. The lowest BCUT2D eigenvalue weighted by Crippen LogP contribution is -2.15. The molecule has 2 aromatic rings. The number of hydrogen-bond donors (Lipinski definition) is 2. The van der Waals surface area contributed by atoms with Crippen LogP contribution in [0.5, 0.6) is 5.75 Å². The average molecular weight is 356 g/mol. The summed E-state index contributed by atoms with van der Waals surface area (Å²) in [5.41, 5.74) is 4.76. The van der Waals surface area contributed by atoms with Gasteiger partial charge in [0, 0.05) is 16.8 Å². The van der Waals surface area contributed by atoms with Gasteiger partial charge in [0.15, 0.2) is 0 Å².